The normalized spacial score (nSPS) is 14.6. The van der Waals surface area contributed by atoms with Gasteiger partial charge in [0.05, 0.1) is 6.54 Å². The van der Waals surface area contributed by atoms with E-state index in [1.807, 2.05) is 36.1 Å². The predicted molar refractivity (Wildman–Crippen MR) is 118 cm³/mol. The average molecular weight is 412 g/mol. The van der Waals surface area contributed by atoms with Crippen LogP contribution in [-0.2, 0) is 19.5 Å². The Morgan fingerprint density at radius 2 is 1.87 bits per heavy atom. The van der Waals surface area contributed by atoms with Crippen molar-refractivity contribution in [3.63, 3.8) is 0 Å². The molecule has 1 aliphatic heterocycles. The molecule has 0 radical (unpaired) electrons. The van der Waals surface area contributed by atoms with E-state index in [2.05, 4.69) is 37.3 Å². The third-order valence-corrected chi connectivity index (χ3v) is 5.27. The van der Waals surface area contributed by atoms with Crippen molar-refractivity contribution in [1.29, 1.82) is 0 Å². The molecule has 0 aliphatic carbocycles. The number of piperidine rings is 1. The molecule has 2 aromatic rings. The lowest BCUT2D eigenvalue weighted by molar-refractivity contribution is 0.0724. The standard InChI is InChI=1S/C22H33N7O/c1-3-20-27-26-17-29(20)15-12-24-22(23-4-2)25-16-18-8-10-19(11-9-18)21(30)28-13-6-5-7-14-28/h8-11,17H,3-7,12-16H2,1-2H3,(H2,23,24,25). The number of amides is 1. The molecule has 3 rings (SSSR count). The fraction of sp³-hybridized carbons (Fsp3) is 0.545. The van der Waals surface area contributed by atoms with Crippen LogP contribution in [0.4, 0.5) is 0 Å². The van der Waals surface area contributed by atoms with Gasteiger partial charge in [0, 0.05) is 44.7 Å². The van der Waals surface area contributed by atoms with E-state index in [4.69, 9.17) is 0 Å². The van der Waals surface area contributed by atoms with E-state index in [9.17, 15) is 4.79 Å². The number of carbonyl (C=O) groups is 1. The Kier molecular flexibility index (Phi) is 8.23. The number of hydrogen-bond donors (Lipinski definition) is 2. The minimum absolute atomic E-state index is 0.139. The van der Waals surface area contributed by atoms with E-state index in [-0.39, 0.29) is 5.91 Å². The highest BCUT2D eigenvalue weighted by atomic mass is 16.2. The monoisotopic (exact) mass is 411 g/mol. The number of rotatable bonds is 8. The molecule has 162 valence electrons. The molecular weight excluding hydrogens is 378 g/mol. The lowest BCUT2D eigenvalue weighted by Crippen LogP contribution is -2.38. The SMILES string of the molecule is CCNC(=NCc1ccc(C(=O)N2CCCCC2)cc1)NCCn1cnnc1CC. The molecule has 1 fully saturated rings. The molecule has 30 heavy (non-hydrogen) atoms. The molecule has 0 spiro atoms. The Labute approximate surface area is 178 Å². The summed E-state index contributed by atoms with van der Waals surface area (Å²) in [6, 6.07) is 7.82. The lowest BCUT2D eigenvalue weighted by Gasteiger charge is -2.26. The maximum atomic E-state index is 12.6. The summed E-state index contributed by atoms with van der Waals surface area (Å²) in [6.45, 7) is 8.74. The quantitative estimate of drug-likeness (QED) is 0.514. The van der Waals surface area contributed by atoms with E-state index >= 15 is 0 Å². The molecule has 1 saturated heterocycles. The number of nitrogens with one attached hydrogen (secondary N) is 2. The number of carbonyl (C=O) groups excluding carboxylic acids is 1. The van der Waals surface area contributed by atoms with Crippen LogP contribution in [0, 0.1) is 0 Å². The van der Waals surface area contributed by atoms with Crippen molar-refractivity contribution in [2.75, 3.05) is 26.2 Å². The highest BCUT2D eigenvalue weighted by molar-refractivity contribution is 5.94. The fourth-order valence-electron chi connectivity index (χ4n) is 3.58. The van der Waals surface area contributed by atoms with Gasteiger partial charge in [-0.3, -0.25) is 4.79 Å². The lowest BCUT2D eigenvalue weighted by atomic mass is 10.1. The van der Waals surface area contributed by atoms with Crippen LogP contribution in [0.25, 0.3) is 0 Å². The molecule has 1 amide bonds. The Bertz CT molecular complexity index is 822. The van der Waals surface area contributed by atoms with Gasteiger partial charge in [0.1, 0.15) is 12.2 Å². The van der Waals surface area contributed by atoms with Gasteiger partial charge in [0.2, 0.25) is 0 Å². The first kappa shape index (κ1) is 21.8. The Morgan fingerprint density at radius 3 is 2.57 bits per heavy atom. The van der Waals surface area contributed by atoms with Gasteiger partial charge in [-0.2, -0.15) is 0 Å². The number of benzene rings is 1. The first-order valence-electron chi connectivity index (χ1n) is 11.0. The Balaban J connectivity index is 1.52. The van der Waals surface area contributed by atoms with Crippen LogP contribution in [0.3, 0.4) is 0 Å². The summed E-state index contributed by atoms with van der Waals surface area (Å²) < 4.78 is 2.05. The second-order valence-corrected chi connectivity index (χ2v) is 7.47. The summed E-state index contributed by atoms with van der Waals surface area (Å²) in [5, 5.41) is 14.7. The molecule has 0 atom stereocenters. The number of aromatic nitrogens is 3. The van der Waals surface area contributed by atoms with E-state index in [1.54, 1.807) is 6.33 Å². The van der Waals surface area contributed by atoms with E-state index in [0.717, 1.165) is 74.9 Å². The van der Waals surface area contributed by atoms with Gasteiger partial charge in [-0.1, -0.05) is 19.1 Å². The predicted octanol–water partition coefficient (Wildman–Crippen LogP) is 2.22. The van der Waals surface area contributed by atoms with Crippen LogP contribution in [0.5, 0.6) is 0 Å². The van der Waals surface area contributed by atoms with Crippen molar-refractivity contribution in [2.45, 2.75) is 52.6 Å². The van der Waals surface area contributed by atoms with Crippen LogP contribution in [-0.4, -0.2) is 57.7 Å². The highest BCUT2D eigenvalue weighted by Gasteiger charge is 2.17. The van der Waals surface area contributed by atoms with Gasteiger partial charge in [0.15, 0.2) is 5.96 Å². The minimum Gasteiger partial charge on any atom is -0.357 e. The average Bonchev–Trinajstić information content (AvgIpc) is 3.25. The molecule has 0 saturated carbocycles. The first-order chi connectivity index (χ1) is 14.7. The summed E-state index contributed by atoms with van der Waals surface area (Å²) in [4.78, 5) is 19.2. The van der Waals surface area contributed by atoms with Crippen LogP contribution in [0.15, 0.2) is 35.6 Å². The number of guanidine groups is 1. The van der Waals surface area contributed by atoms with Gasteiger partial charge in [-0.25, -0.2) is 4.99 Å². The highest BCUT2D eigenvalue weighted by Crippen LogP contribution is 2.14. The zero-order valence-electron chi connectivity index (χ0n) is 18.1. The summed E-state index contributed by atoms with van der Waals surface area (Å²) >= 11 is 0. The van der Waals surface area contributed by atoms with Crippen LogP contribution in [0.1, 0.15) is 54.9 Å². The van der Waals surface area contributed by atoms with Crippen LogP contribution in [0.2, 0.25) is 0 Å². The molecule has 1 aromatic carbocycles. The number of nitrogens with zero attached hydrogens (tertiary/aromatic N) is 5. The number of likely N-dealkylation sites (tertiary alicyclic amines) is 1. The van der Waals surface area contributed by atoms with E-state index < -0.39 is 0 Å². The summed E-state index contributed by atoms with van der Waals surface area (Å²) in [5.41, 5.74) is 1.84. The molecule has 1 aliphatic rings. The third kappa shape index (κ3) is 6.05. The van der Waals surface area contributed by atoms with Crippen molar-refractivity contribution < 1.29 is 4.79 Å². The van der Waals surface area contributed by atoms with Crippen molar-refractivity contribution in [3.05, 3.63) is 47.5 Å². The molecule has 2 heterocycles. The van der Waals surface area contributed by atoms with Gasteiger partial charge in [-0.15, -0.1) is 10.2 Å². The van der Waals surface area contributed by atoms with Gasteiger partial charge in [0.25, 0.3) is 5.91 Å². The van der Waals surface area contributed by atoms with Crippen LogP contribution >= 0.6 is 0 Å². The largest absolute Gasteiger partial charge is 0.357 e. The maximum Gasteiger partial charge on any atom is 0.253 e. The van der Waals surface area contributed by atoms with E-state index in [0.29, 0.717) is 6.54 Å². The molecule has 8 nitrogen and oxygen atoms in total. The fourth-order valence-corrected chi connectivity index (χ4v) is 3.58. The Morgan fingerprint density at radius 1 is 1.10 bits per heavy atom. The van der Waals surface area contributed by atoms with Crippen molar-refractivity contribution >= 4 is 11.9 Å². The summed E-state index contributed by atoms with van der Waals surface area (Å²) in [7, 11) is 0. The smallest absolute Gasteiger partial charge is 0.253 e. The zero-order chi connectivity index (χ0) is 21.2. The van der Waals surface area contributed by atoms with Crippen molar-refractivity contribution in [2.24, 2.45) is 4.99 Å². The zero-order valence-corrected chi connectivity index (χ0v) is 18.1. The molecule has 2 N–H and O–H groups in total. The first-order valence-corrected chi connectivity index (χ1v) is 11.0. The van der Waals surface area contributed by atoms with Crippen LogP contribution < -0.4 is 10.6 Å². The summed E-state index contributed by atoms with van der Waals surface area (Å²) in [6.07, 6.45) is 6.06. The molecular formula is C22H33N7O. The summed E-state index contributed by atoms with van der Waals surface area (Å²) in [5.74, 6) is 1.90. The minimum atomic E-state index is 0.139. The topological polar surface area (TPSA) is 87.4 Å². The molecule has 1 aromatic heterocycles. The van der Waals surface area contributed by atoms with Crippen molar-refractivity contribution in [1.82, 2.24) is 30.3 Å². The second kappa shape index (κ2) is 11.3. The van der Waals surface area contributed by atoms with Gasteiger partial charge in [-0.05, 0) is 43.9 Å². The van der Waals surface area contributed by atoms with Crippen molar-refractivity contribution in [3.8, 4) is 0 Å². The van der Waals surface area contributed by atoms with Gasteiger partial charge < -0.3 is 20.1 Å². The van der Waals surface area contributed by atoms with E-state index in [1.165, 1.54) is 6.42 Å². The van der Waals surface area contributed by atoms with Gasteiger partial charge >= 0.3 is 0 Å². The molecule has 8 heteroatoms. The molecule has 0 bridgehead atoms. The number of aliphatic imine (C=N–C) groups is 1. The Hall–Kier alpha value is -2.90. The maximum absolute atomic E-state index is 12.6. The number of hydrogen-bond acceptors (Lipinski definition) is 4. The third-order valence-electron chi connectivity index (χ3n) is 5.27. The second-order valence-electron chi connectivity index (χ2n) is 7.47. The number of aryl methyl sites for hydroxylation is 1. The molecule has 0 unspecified atom stereocenters.